The van der Waals surface area contributed by atoms with E-state index in [9.17, 15) is 0 Å². The lowest BCUT2D eigenvalue weighted by Crippen LogP contribution is -3.15. The molecule has 2 aliphatic rings. The molecule has 0 spiro atoms. The van der Waals surface area contributed by atoms with Gasteiger partial charge in [-0.2, -0.15) is 0 Å². The summed E-state index contributed by atoms with van der Waals surface area (Å²) in [5.74, 6) is 0. The average molecular weight is 350 g/mol. The Morgan fingerprint density at radius 3 is 2.79 bits per heavy atom. The number of quaternary nitrogens is 1. The van der Waals surface area contributed by atoms with Crippen LogP contribution in [0.4, 0.5) is 0 Å². The van der Waals surface area contributed by atoms with Gasteiger partial charge in [-0.3, -0.25) is 4.98 Å². The van der Waals surface area contributed by atoms with Gasteiger partial charge in [0.25, 0.3) is 0 Å². The number of nitrogens with one attached hydrogen (secondary N) is 3. The predicted octanol–water partition coefficient (Wildman–Crippen LogP) is 0.835. The summed E-state index contributed by atoms with van der Waals surface area (Å²) in [5, 5.41) is 7.75. The third-order valence-electron chi connectivity index (χ3n) is 5.12. The molecular formula is C18H29N4OS+. The highest BCUT2D eigenvalue weighted by atomic mass is 32.1. The average Bonchev–Trinajstić information content (AvgIpc) is 2.64. The van der Waals surface area contributed by atoms with Crippen LogP contribution in [0.5, 0.6) is 0 Å². The van der Waals surface area contributed by atoms with Gasteiger partial charge >= 0.3 is 0 Å². The molecule has 0 amide bonds. The molecule has 0 radical (unpaired) electrons. The van der Waals surface area contributed by atoms with Crippen molar-refractivity contribution in [2.45, 2.75) is 44.2 Å². The second-order valence-corrected chi connectivity index (χ2v) is 7.21. The third kappa shape index (κ3) is 5.13. The lowest BCUT2D eigenvalue weighted by molar-refractivity contribution is -0.937. The van der Waals surface area contributed by atoms with Crippen molar-refractivity contribution in [3.63, 3.8) is 0 Å². The summed E-state index contributed by atoms with van der Waals surface area (Å²) >= 11 is 5.53. The molecule has 5 nitrogen and oxygen atoms in total. The van der Waals surface area contributed by atoms with Gasteiger partial charge in [0.2, 0.25) is 0 Å². The molecule has 0 aromatic carbocycles. The Morgan fingerprint density at radius 2 is 2.08 bits per heavy atom. The SMILES string of the molecule is S=C(NCC(c1cccnc1)[NH+]1CCOCC1)NC1CCCCC1. The lowest BCUT2D eigenvalue weighted by atomic mass is 9.96. The van der Waals surface area contributed by atoms with E-state index in [2.05, 4.69) is 21.7 Å². The number of pyridine rings is 1. The molecule has 2 heterocycles. The Kier molecular flexibility index (Phi) is 6.81. The fourth-order valence-corrected chi connectivity index (χ4v) is 3.99. The summed E-state index contributed by atoms with van der Waals surface area (Å²) in [5.41, 5.74) is 1.27. The van der Waals surface area contributed by atoms with Crippen molar-refractivity contribution in [2.75, 3.05) is 32.8 Å². The van der Waals surface area contributed by atoms with Crippen LogP contribution < -0.4 is 15.5 Å². The zero-order valence-corrected chi connectivity index (χ0v) is 15.1. The summed E-state index contributed by atoms with van der Waals surface area (Å²) in [6.45, 7) is 4.56. The minimum atomic E-state index is 0.355. The first-order chi connectivity index (χ1) is 11.8. The molecular weight excluding hydrogens is 320 g/mol. The van der Waals surface area contributed by atoms with Crippen molar-refractivity contribution in [1.82, 2.24) is 15.6 Å². The van der Waals surface area contributed by atoms with Crippen molar-refractivity contribution in [2.24, 2.45) is 0 Å². The number of nitrogens with zero attached hydrogens (tertiary/aromatic N) is 1. The number of hydrogen-bond donors (Lipinski definition) is 3. The summed E-state index contributed by atoms with van der Waals surface area (Å²) in [6.07, 6.45) is 10.3. The van der Waals surface area contributed by atoms with Gasteiger partial charge in [0, 0.05) is 24.0 Å². The molecule has 1 unspecified atom stereocenters. The van der Waals surface area contributed by atoms with Crippen LogP contribution in [0.15, 0.2) is 24.5 Å². The topological polar surface area (TPSA) is 50.6 Å². The third-order valence-corrected chi connectivity index (χ3v) is 5.38. The lowest BCUT2D eigenvalue weighted by Gasteiger charge is -2.32. The van der Waals surface area contributed by atoms with E-state index >= 15 is 0 Å². The second kappa shape index (κ2) is 9.30. The summed E-state index contributed by atoms with van der Waals surface area (Å²) in [4.78, 5) is 5.84. The Bertz CT molecular complexity index is 501. The van der Waals surface area contributed by atoms with E-state index in [1.165, 1.54) is 37.7 Å². The first-order valence-electron chi connectivity index (χ1n) is 9.19. The number of ether oxygens (including phenoxy) is 1. The fourth-order valence-electron chi connectivity index (χ4n) is 3.74. The fraction of sp³-hybridized carbons (Fsp3) is 0.667. The molecule has 0 bridgehead atoms. The Morgan fingerprint density at radius 1 is 1.29 bits per heavy atom. The normalized spacial score (nSPS) is 21.2. The van der Waals surface area contributed by atoms with Crippen LogP contribution in [-0.2, 0) is 4.74 Å². The highest BCUT2D eigenvalue weighted by molar-refractivity contribution is 7.80. The molecule has 6 heteroatoms. The maximum atomic E-state index is 5.53. The molecule has 3 rings (SSSR count). The minimum Gasteiger partial charge on any atom is -0.370 e. The second-order valence-electron chi connectivity index (χ2n) is 6.80. The standard InChI is InChI=1S/C18H28N4OS/c24-18(21-16-6-2-1-3-7-16)20-14-17(15-5-4-8-19-13-15)22-9-11-23-12-10-22/h4-5,8,13,16-17H,1-3,6-7,9-12,14H2,(H2,20,21,24)/p+1. The van der Waals surface area contributed by atoms with Gasteiger partial charge < -0.3 is 20.3 Å². The molecule has 24 heavy (non-hydrogen) atoms. The van der Waals surface area contributed by atoms with Gasteiger partial charge in [0.1, 0.15) is 19.1 Å². The molecule has 1 aromatic rings. The highest BCUT2D eigenvalue weighted by Crippen LogP contribution is 2.17. The molecule has 1 aromatic heterocycles. The minimum absolute atomic E-state index is 0.355. The van der Waals surface area contributed by atoms with Crippen molar-refractivity contribution >= 4 is 17.3 Å². The van der Waals surface area contributed by atoms with E-state index in [0.29, 0.717) is 12.1 Å². The number of rotatable bonds is 5. The van der Waals surface area contributed by atoms with Gasteiger partial charge in [-0.15, -0.1) is 0 Å². The molecule has 1 saturated heterocycles. The van der Waals surface area contributed by atoms with Crippen molar-refractivity contribution in [3.8, 4) is 0 Å². The van der Waals surface area contributed by atoms with E-state index in [1.807, 2.05) is 18.5 Å². The van der Waals surface area contributed by atoms with Crippen LogP contribution in [0.3, 0.4) is 0 Å². The van der Waals surface area contributed by atoms with Crippen molar-refractivity contribution < 1.29 is 9.64 Å². The first kappa shape index (κ1) is 17.6. The largest absolute Gasteiger partial charge is 0.370 e. The van der Waals surface area contributed by atoms with Gasteiger partial charge in [-0.25, -0.2) is 0 Å². The monoisotopic (exact) mass is 349 g/mol. The maximum absolute atomic E-state index is 5.53. The van der Waals surface area contributed by atoms with Crippen LogP contribution in [0.1, 0.15) is 43.7 Å². The van der Waals surface area contributed by atoms with Gasteiger partial charge in [-0.05, 0) is 37.2 Å². The Hall–Kier alpha value is -1.24. The molecule has 132 valence electrons. The van der Waals surface area contributed by atoms with Crippen molar-refractivity contribution in [3.05, 3.63) is 30.1 Å². The number of hydrogen-bond acceptors (Lipinski definition) is 3. The molecule has 1 atom stereocenters. The van der Waals surface area contributed by atoms with Gasteiger partial charge in [-0.1, -0.05) is 19.3 Å². The van der Waals surface area contributed by atoms with E-state index in [0.717, 1.165) is 38.0 Å². The van der Waals surface area contributed by atoms with Gasteiger partial charge in [0.15, 0.2) is 5.11 Å². The molecule has 1 saturated carbocycles. The summed E-state index contributed by atoms with van der Waals surface area (Å²) in [6, 6.07) is 5.08. The van der Waals surface area contributed by atoms with Crippen molar-refractivity contribution in [1.29, 1.82) is 0 Å². The number of thiocarbonyl (C=S) groups is 1. The van der Waals surface area contributed by atoms with Crippen LogP contribution in [0.25, 0.3) is 0 Å². The summed E-state index contributed by atoms with van der Waals surface area (Å²) < 4.78 is 5.52. The van der Waals surface area contributed by atoms with Crippen LogP contribution in [0, 0.1) is 0 Å². The van der Waals surface area contributed by atoms with Crippen LogP contribution in [0.2, 0.25) is 0 Å². The highest BCUT2D eigenvalue weighted by Gasteiger charge is 2.27. The molecule has 1 aliphatic heterocycles. The van der Waals surface area contributed by atoms with E-state index in [-0.39, 0.29) is 0 Å². The van der Waals surface area contributed by atoms with Crippen LogP contribution >= 0.6 is 12.2 Å². The maximum Gasteiger partial charge on any atom is 0.166 e. The predicted molar refractivity (Wildman–Crippen MR) is 99.1 cm³/mol. The number of aromatic nitrogens is 1. The van der Waals surface area contributed by atoms with E-state index in [1.54, 1.807) is 4.90 Å². The zero-order chi connectivity index (χ0) is 16.6. The smallest absolute Gasteiger partial charge is 0.166 e. The Balaban J connectivity index is 1.56. The van der Waals surface area contributed by atoms with Gasteiger partial charge in [0.05, 0.1) is 19.8 Å². The van der Waals surface area contributed by atoms with E-state index in [4.69, 9.17) is 17.0 Å². The number of morpholine rings is 1. The van der Waals surface area contributed by atoms with E-state index < -0.39 is 0 Å². The zero-order valence-electron chi connectivity index (χ0n) is 14.3. The molecule has 1 aliphatic carbocycles. The summed E-state index contributed by atoms with van der Waals surface area (Å²) in [7, 11) is 0. The first-order valence-corrected chi connectivity index (χ1v) is 9.60. The van der Waals surface area contributed by atoms with Crippen LogP contribution in [-0.4, -0.2) is 49.0 Å². The molecule has 3 N–H and O–H groups in total. The molecule has 2 fully saturated rings. The Labute approximate surface area is 150 Å². The quantitative estimate of drug-likeness (QED) is 0.688.